The number of nitrogens with zero attached hydrogens (tertiary/aromatic N) is 2. The predicted molar refractivity (Wildman–Crippen MR) is 100 cm³/mol. The fourth-order valence-corrected chi connectivity index (χ4v) is 2.81. The number of hydrogen-bond donors (Lipinski definition) is 1. The van der Waals surface area contributed by atoms with Crippen LogP contribution in [0.3, 0.4) is 0 Å². The Hall–Kier alpha value is -2.51. The summed E-state index contributed by atoms with van der Waals surface area (Å²) < 4.78 is 43.1. The summed E-state index contributed by atoms with van der Waals surface area (Å²) in [4.78, 5) is 12.3. The van der Waals surface area contributed by atoms with Crippen LogP contribution in [0.2, 0.25) is 0 Å². The van der Waals surface area contributed by atoms with Crippen LogP contribution in [0.4, 0.5) is 13.2 Å². The van der Waals surface area contributed by atoms with E-state index in [0.29, 0.717) is 5.92 Å². The Balaban J connectivity index is 1.88. The van der Waals surface area contributed by atoms with Gasteiger partial charge >= 0.3 is 6.18 Å². The summed E-state index contributed by atoms with van der Waals surface area (Å²) in [6.45, 7) is 7.85. The van der Waals surface area contributed by atoms with Gasteiger partial charge < -0.3 is 10.1 Å². The largest absolute Gasteiger partial charge is 0.484 e. The molecule has 0 aliphatic heterocycles. The zero-order valence-corrected chi connectivity index (χ0v) is 16.6. The van der Waals surface area contributed by atoms with Crippen LogP contribution in [0, 0.1) is 19.8 Å². The SMILES string of the molecule is Cc1nn(CC(C)C)c(C)c1CC(=O)NCc1ccc(OCC(F)(F)F)cc1. The molecule has 0 aliphatic rings. The van der Waals surface area contributed by atoms with Crippen molar-refractivity contribution in [1.82, 2.24) is 15.1 Å². The Morgan fingerprint density at radius 3 is 2.43 bits per heavy atom. The van der Waals surface area contributed by atoms with Crippen molar-refractivity contribution in [3.05, 3.63) is 46.8 Å². The van der Waals surface area contributed by atoms with Crippen LogP contribution < -0.4 is 10.1 Å². The molecule has 0 radical (unpaired) electrons. The van der Waals surface area contributed by atoms with Gasteiger partial charge in [0.05, 0.1) is 12.1 Å². The number of carbonyl (C=O) groups excluding carboxylic acids is 1. The van der Waals surface area contributed by atoms with E-state index >= 15 is 0 Å². The standard InChI is InChI=1S/C20H26F3N3O2/c1-13(2)11-26-15(4)18(14(3)25-26)9-19(27)24-10-16-5-7-17(8-6-16)28-12-20(21,22)23/h5-8,13H,9-12H2,1-4H3,(H,24,27). The van der Waals surface area contributed by atoms with Crippen molar-refractivity contribution in [2.45, 2.75) is 53.4 Å². The number of nitrogens with one attached hydrogen (secondary N) is 1. The third-order valence-corrected chi connectivity index (χ3v) is 4.22. The van der Waals surface area contributed by atoms with E-state index in [9.17, 15) is 18.0 Å². The van der Waals surface area contributed by atoms with Gasteiger partial charge in [0.25, 0.3) is 0 Å². The van der Waals surface area contributed by atoms with Gasteiger partial charge in [0.2, 0.25) is 5.91 Å². The first kappa shape index (κ1) is 21.8. The minimum absolute atomic E-state index is 0.132. The maximum absolute atomic E-state index is 12.3. The molecule has 0 saturated heterocycles. The summed E-state index contributed by atoms with van der Waals surface area (Å²) in [6.07, 6.45) is -4.13. The summed E-state index contributed by atoms with van der Waals surface area (Å²) >= 11 is 0. The Bertz CT molecular complexity index is 796. The Labute approximate surface area is 162 Å². The van der Waals surface area contributed by atoms with Crippen LogP contribution in [0.15, 0.2) is 24.3 Å². The first-order valence-corrected chi connectivity index (χ1v) is 9.13. The number of ether oxygens (including phenoxy) is 1. The van der Waals surface area contributed by atoms with Crippen LogP contribution in [0.25, 0.3) is 0 Å². The highest BCUT2D eigenvalue weighted by molar-refractivity contribution is 5.79. The van der Waals surface area contributed by atoms with Crippen LogP contribution in [-0.4, -0.2) is 28.5 Å². The van der Waals surface area contributed by atoms with E-state index in [0.717, 1.165) is 29.1 Å². The summed E-state index contributed by atoms with van der Waals surface area (Å²) in [5.74, 6) is 0.465. The average Bonchev–Trinajstić information content (AvgIpc) is 2.85. The molecular weight excluding hydrogens is 371 g/mol. The van der Waals surface area contributed by atoms with Gasteiger partial charge in [-0.05, 0) is 37.5 Å². The first-order chi connectivity index (χ1) is 13.0. The van der Waals surface area contributed by atoms with Crippen LogP contribution in [0.1, 0.15) is 36.4 Å². The number of rotatable bonds is 8. The average molecular weight is 397 g/mol. The highest BCUT2D eigenvalue weighted by Crippen LogP contribution is 2.19. The van der Waals surface area contributed by atoms with Crippen LogP contribution in [0.5, 0.6) is 5.75 Å². The lowest BCUT2D eigenvalue weighted by atomic mass is 10.1. The number of alkyl halides is 3. The molecule has 5 nitrogen and oxygen atoms in total. The van der Waals surface area contributed by atoms with E-state index < -0.39 is 12.8 Å². The third kappa shape index (κ3) is 6.58. The van der Waals surface area contributed by atoms with Crippen LogP contribution >= 0.6 is 0 Å². The topological polar surface area (TPSA) is 56.2 Å². The molecule has 8 heteroatoms. The quantitative estimate of drug-likeness (QED) is 0.734. The zero-order valence-electron chi connectivity index (χ0n) is 16.6. The third-order valence-electron chi connectivity index (χ3n) is 4.22. The van der Waals surface area contributed by atoms with E-state index in [2.05, 4.69) is 29.0 Å². The van der Waals surface area contributed by atoms with Gasteiger partial charge in [-0.15, -0.1) is 0 Å². The molecule has 1 aromatic heterocycles. The molecule has 0 unspecified atom stereocenters. The lowest BCUT2D eigenvalue weighted by Gasteiger charge is -2.10. The van der Waals surface area contributed by atoms with Gasteiger partial charge in [0.1, 0.15) is 5.75 Å². The highest BCUT2D eigenvalue weighted by Gasteiger charge is 2.28. The molecular formula is C20H26F3N3O2. The van der Waals surface area contributed by atoms with Crippen LogP contribution in [-0.2, 0) is 24.3 Å². The van der Waals surface area contributed by atoms with Gasteiger partial charge in [0, 0.05) is 24.3 Å². The van der Waals surface area contributed by atoms with Gasteiger partial charge in [0.15, 0.2) is 6.61 Å². The number of aryl methyl sites for hydroxylation is 1. The van der Waals surface area contributed by atoms with Crippen molar-refractivity contribution < 1.29 is 22.7 Å². The molecule has 1 N–H and O–H groups in total. The number of halogens is 3. The lowest BCUT2D eigenvalue weighted by Crippen LogP contribution is -2.25. The van der Waals surface area contributed by atoms with E-state index in [-0.39, 0.29) is 24.6 Å². The normalized spacial score (nSPS) is 11.7. The van der Waals surface area contributed by atoms with Gasteiger partial charge in [-0.25, -0.2) is 0 Å². The Morgan fingerprint density at radius 2 is 1.86 bits per heavy atom. The Morgan fingerprint density at radius 1 is 1.21 bits per heavy atom. The highest BCUT2D eigenvalue weighted by atomic mass is 19.4. The minimum Gasteiger partial charge on any atom is -0.484 e. The van der Waals surface area contributed by atoms with Crippen molar-refractivity contribution in [2.24, 2.45) is 5.92 Å². The molecule has 0 atom stereocenters. The van der Waals surface area contributed by atoms with Gasteiger partial charge in [-0.2, -0.15) is 18.3 Å². The summed E-state index contributed by atoms with van der Waals surface area (Å²) in [7, 11) is 0. The van der Waals surface area contributed by atoms with E-state index in [4.69, 9.17) is 0 Å². The molecule has 2 rings (SSSR count). The smallest absolute Gasteiger partial charge is 0.422 e. The number of carbonyl (C=O) groups is 1. The van der Waals surface area contributed by atoms with Crippen molar-refractivity contribution in [3.8, 4) is 5.75 Å². The van der Waals surface area contributed by atoms with Crippen molar-refractivity contribution in [2.75, 3.05) is 6.61 Å². The molecule has 1 aromatic carbocycles. The van der Waals surface area contributed by atoms with E-state index in [1.807, 2.05) is 18.5 Å². The Kier molecular flexibility index (Phi) is 7.10. The number of benzene rings is 1. The predicted octanol–water partition coefficient (Wildman–Crippen LogP) is 3.96. The molecule has 0 bridgehead atoms. The molecule has 0 fully saturated rings. The molecule has 154 valence electrons. The summed E-state index contributed by atoms with van der Waals surface area (Å²) in [5.41, 5.74) is 3.54. The molecule has 0 aliphatic carbocycles. The van der Waals surface area contributed by atoms with Gasteiger partial charge in [-0.3, -0.25) is 9.48 Å². The number of hydrogen-bond acceptors (Lipinski definition) is 3. The summed E-state index contributed by atoms with van der Waals surface area (Å²) in [5, 5.41) is 7.34. The summed E-state index contributed by atoms with van der Waals surface area (Å²) in [6, 6.07) is 6.17. The lowest BCUT2D eigenvalue weighted by molar-refractivity contribution is -0.153. The van der Waals surface area contributed by atoms with Crippen molar-refractivity contribution >= 4 is 5.91 Å². The fourth-order valence-electron chi connectivity index (χ4n) is 2.81. The zero-order chi connectivity index (χ0) is 20.9. The van der Waals surface area contributed by atoms with Crippen molar-refractivity contribution in [3.63, 3.8) is 0 Å². The fraction of sp³-hybridized carbons (Fsp3) is 0.500. The van der Waals surface area contributed by atoms with E-state index in [1.165, 1.54) is 12.1 Å². The maximum Gasteiger partial charge on any atom is 0.422 e. The second-order valence-corrected chi connectivity index (χ2v) is 7.23. The molecule has 1 heterocycles. The number of aromatic nitrogens is 2. The molecule has 28 heavy (non-hydrogen) atoms. The number of amides is 1. The molecule has 1 amide bonds. The van der Waals surface area contributed by atoms with Gasteiger partial charge in [-0.1, -0.05) is 26.0 Å². The van der Waals surface area contributed by atoms with Crippen molar-refractivity contribution in [1.29, 1.82) is 0 Å². The molecule has 2 aromatic rings. The maximum atomic E-state index is 12.3. The minimum atomic E-state index is -4.37. The van der Waals surface area contributed by atoms with E-state index in [1.54, 1.807) is 12.1 Å². The first-order valence-electron chi connectivity index (χ1n) is 9.13. The monoisotopic (exact) mass is 397 g/mol. The second kappa shape index (κ2) is 9.12. The molecule has 0 saturated carbocycles. The second-order valence-electron chi connectivity index (χ2n) is 7.23. The molecule has 0 spiro atoms.